The Balaban J connectivity index is 1.65. The molecule has 3 heterocycles. The van der Waals surface area contributed by atoms with Crippen LogP contribution < -0.4 is 0 Å². The summed E-state index contributed by atoms with van der Waals surface area (Å²) in [5, 5.41) is 0.669. The van der Waals surface area contributed by atoms with Crippen molar-refractivity contribution >= 4 is 28.7 Å². The molecule has 1 aromatic carbocycles. The summed E-state index contributed by atoms with van der Waals surface area (Å²) < 4.78 is 8.69. The summed E-state index contributed by atoms with van der Waals surface area (Å²) in [6, 6.07) is 9.39. The van der Waals surface area contributed by atoms with Gasteiger partial charge in [0.15, 0.2) is 11.3 Å². The Morgan fingerprint density at radius 3 is 2.75 bits per heavy atom. The van der Waals surface area contributed by atoms with E-state index in [1.165, 1.54) is 7.11 Å². The predicted octanol–water partition coefficient (Wildman–Crippen LogP) is 3.47. The van der Waals surface area contributed by atoms with E-state index in [4.69, 9.17) is 16.3 Å². The van der Waals surface area contributed by atoms with Crippen molar-refractivity contribution in [1.29, 1.82) is 0 Å². The minimum atomic E-state index is -0.478. The number of fused-ring (bicyclic) bond motifs is 1. The molecule has 0 aliphatic rings. The van der Waals surface area contributed by atoms with Gasteiger partial charge in [-0.15, -0.1) is 0 Å². The Morgan fingerprint density at radius 1 is 1.18 bits per heavy atom. The quantitative estimate of drug-likeness (QED) is 0.484. The molecule has 0 aliphatic carbocycles. The van der Waals surface area contributed by atoms with E-state index in [-0.39, 0.29) is 5.69 Å². The Hall–Kier alpha value is -3.19. The van der Waals surface area contributed by atoms with Crippen molar-refractivity contribution in [2.45, 2.75) is 20.0 Å². The second kappa shape index (κ2) is 7.44. The van der Waals surface area contributed by atoms with Gasteiger partial charge < -0.3 is 13.9 Å². The van der Waals surface area contributed by atoms with Gasteiger partial charge in [-0.1, -0.05) is 23.7 Å². The van der Waals surface area contributed by atoms with Crippen molar-refractivity contribution in [3.05, 3.63) is 76.7 Å². The maximum Gasteiger partial charge on any atom is 0.356 e. The molecule has 4 rings (SSSR count). The number of pyridine rings is 1. The van der Waals surface area contributed by atoms with Crippen molar-refractivity contribution in [3.63, 3.8) is 0 Å². The second-order valence-electron chi connectivity index (χ2n) is 6.44. The lowest BCUT2D eigenvalue weighted by Crippen LogP contribution is -2.08. The Kier molecular flexibility index (Phi) is 4.83. The molecule has 0 amide bonds. The number of hydrogen-bond acceptors (Lipinski definition) is 5. The third-order valence-corrected chi connectivity index (χ3v) is 4.90. The molecule has 0 N–H and O–H groups in total. The van der Waals surface area contributed by atoms with Gasteiger partial charge in [0, 0.05) is 24.0 Å². The van der Waals surface area contributed by atoms with Crippen LogP contribution in [0.2, 0.25) is 5.02 Å². The third kappa shape index (κ3) is 3.48. The van der Waals surface area contributed by atoms with E-state index >= 15 is 0 Å². The number of halogens is 1. The molecule has 0 spiro atoms. The summed E-state index contributed by atoms with van der Waals surface area (Å²) >= 11 is 6.54. The molecule has 7 nitrogen and oxygen atoms in total. The largest absolute Gasteiger partial charge is 0.464 e. The fourth-order valence-electron chi connectivity index (χ4n) is 3.10. The molecule has 0 fully saturated rings. The number of benzene rings is 1. The standard InChI is InChI=1S/C20H18ClN5O2/c1-13-23-17-5-6-18(20(27)28-2)24-19(17)26(13)11-15-4-3-14(9-16(15)21)10-25-8-7-22-12-25/h3-9,12H,10-11H2,1-2H3. The normalized spacial score (nSPS) is 11.1. The van der Waals surface area contributed by atoms with E-state index in [9.17, 15) is 4.79 Å². The molecule has 0 atom stereocenters. The van der Waals surface area contributed by atoms with Gasteiger partial charge in [0.1, 0.15) is 11.3 Å². The van der Waals surface area contributed by atoms with Gasteiger partial charge in [0.25, 0.3) is 0 Å². The van der Waals surface area contributed by atoms with Crippen LogP contribution in [0.25, 0.3) is 11.2 Å². The van der Waals surface area contributed by atoms with Crippen molar-refractivity contribution < 1.29 is 9.53 Å². The molecule has 4 aromatic rings. The molecule has 142 valence electrons. The van der Waals surface area contributed by atoms with Crippen LogP contribution in [-0.2, 0) is 17.8 Å². The average molecular weight is 396 g/mol. The van der Waals surface area contributed by atoms with Crippen LogP contribution in [0, 0.1) is 6.92 Å². The molecule has 28 heavy (non-hydrogen) atoms. The highest BCUT2D eigenvalue weighted by Crippen LogP contribution is 2.23. The maximum atomic E-state index is 11.8. The van der Waals surface area contributed by atoms with Crippen LogP contribution in [0.4, 0.5) is 0 Å². The molecule has 0 unspecified atom stereocenters. The molecule has 8 heteroatoms. The fourth-order valence-corrected chi connectivity index (χ4v) is 3.36. The van der Waals surface area contributed by atoms with E-state index in [1.54, 1.807) is 24.7 Å². The fraction of sp³-hybridized carbons (Fsp3) is 0.200. The molecule has 0 aliphatic heterocycles. The maximum absolute atomic E-state index is 11.8. The molecular weight excluding hydrogens is 378 g/mol. The minimum absolute atomic E-state index is 0.248. The first-order valence-electron chi connectivity index (χ1n) is 8.70. The van der Waals surface area contributed by atoms with E-state index in [2.05, 4.69) is 15.0 Å². The zero-order chi connectivity index (χ0) is 19.7. The van der Waals surface area contributed by atoms with Crippen molar-refractivity contribution in [2.75, 3.05) is 7.11 Å². The van der Waals surface area contributed by atoms with E-state index in [0.717, 1.165) is 22.5 Å². The van der Waals surface area contributed by atoms with Crippen molar-refractivity contribution in [2.24, 2.45) is 0 Å². The summed E-state index contributed by atoms with van der Waals surface area (Å²) in [6.07, 6.45) is 5.43. The number of ether oxygens (including phenoxy) is 1. The van der Waals surface area contributed by atoms with Crippen LogP contribution in [0.15, 0.2) is 49.1 Å². The SMILES string of the molecule is COC(=O)c1ccc2nc(C)n(Cc3ccc(Cn4ccnc4)cc3Cl)c2n1. The van der Waals surface area contributed by atoms with Gasteiger partial charge in [-0.05, 0) is 36.2 Å². The third-order valence-electron chi connectivity index (χ3n) is 4.55. The summed E-state index contributed by atoms with van der Waals surface area (Å²) in [7, 11) is 1.34. The zero-order valence-electron chi connectivity index (χ0n) is 15.5. The first-order valence-corrected chi connectivity index (χ1v) is 9.08. The molecule has 0 bridgehead atoms. The molecular formula is C20H18ClN5O2. The van der Waals surface area contributed by atoms with Crippen LogP contribution in [0.3, 0.4) is 0 Å². The van der Waals surface area contributed by atoms with Gasteiger partial charge in [-0.3, -0.25) is 0 Å². The van der Waals surface area contributed by atoms with Crippen LogP contribution in [-0.4, -0.2) is 37.2 Å². The molecule has 3 aromatic heterocycles. The number of esters is 1. The van der Waals surface area contributed by atoms with E-state index < -0.39 is 5.97 Å². The highest BCUT2D eigenvalue weighted by molar-refractivity contribution is 6.31. The number of rotatable bonds is 5. The minimum Gasteiger partial charge on any atom is -0.464 e. The number of nitrogens with zero attached hydrogens (tertiary/aromatic N) is 5. The number of aromatic nitrogens is 5. The van der Waals surface area contributed by atoms with Crippen LogP contribution >= 0.6 is 11.6 Å². The number of carbonyl (C=O) groups excluding carboxylic acids is 1. The van der Waals surface area contributed by atoms with E-state index in [1.807, 2.05) is 40.5 Å². The monoisotopic (exact) mass is 395 g/mol. The number of methoxy groups -OCH3 is 1. The van der Waals surface area contributed by atoms with E-state index in [0.29, 0.717) is 23.8 Å². The molecule has 0 saturated heterocycles. The van der Waals surface area contributed by atoms with Crippen molar-refractivity contribution in [1.82, 2.24) is 24.1 Å². The van der Waals surface area contributed by atoms with Gasteiger partial charge in [-0.25, -0.2) is 19.7 Å². The Morgan fingerprint density at radius 2 is 2.04 bits per heavy atom. The Labute approximate surface area is 166 Å². The van der Waals surface area contributed by atoms with Gasteiger partial charge in [0.05, 0.1) is 20.0 Å². The summed E-state index contributed by atoms with van der Waals surface area (Å²) in [5.74, 6) is 0.317. The lowest BCUT2D eigenvalue weighted by atomic mass is 10.1. The molecule has 0 saturated carbocycles. The average Bonchev–Trinajstić information content (AvgIpc) is 3.30. The van der Waals surface area contributed by atoms with Crippen LogP contribution in [0.1, 0.15) is 27.4 Å². The number of imidazole rings is 2. The highest BCUT2D eigenvalue weighted by atomic mass is 35.5. The number of carbonyl (C=O) groups is 1. The highest BCUT2D eigenvalue weighted by Gasteiger charge is 2.15. The lowest BCUT2D eigenvalue weighted by Gasteiger charge is -2.11. The Bertz CT molecular complexity index is 1150. The zero-order valence-corrected chi connectivity index (χ0v) is 16.2. The van der Waals surface area contributed by atoms with Crippen molar-refractivity contribution in [3.8, 4) is 0 Å². The first-order chi connectivity index (χ1) is 13.5. The topological polar surface area (TPSA) is 74.8 Å². The summed E-state index contributed by atoms with van der Waals surface area (Å²) in [4.78, 5) is 24.8. The first kappa shape index (κ1) is 18.2. The molecule has 0 radical (unpaired) electrons. The lowest BCUT2D eigenvalue weighted by molar-refractivity contribution is 0.0594. The predicted molar refractivity (Wildman–Crippen MR) is 105 cm³/mol. The smallest absolute Gasteiger partial charge is 0.356 e. The van der Waals surface area contributed by atoms with Gasteiger partial charge >= 0.3 is 5.97 Å². The van der Waals surface area contributed by atoms with Gasteiger partial charge in [0.2, 0.25) is 0 Å². The summed E-state index contributed by atoms with van der Waals surface area (Å²) in [5.41, 5.74) is 3.63. The van der Waals surface area contributed by atoms with Crippen LogP contribution in [0.5, 0.6) is 0 Å². The number of aryl methyl sites for hydroxylation is 1. The summed E-state index contributed by atoms with van der Waals surface area (Å²) in [6.45, 7) is 3.11. The number of hydrogen-bond donors (Lipinski definition) is 0. The van der Waals surface area contributed by atoms with Gasteiger partial charge in [-0.2, -0.15) is 0 Å². The second-order valence-corrected chi connectivity index (χ2v) is 6.84.